The summed E-state index contributed by atoms with van der Waals surface area (Å²) in [5.74, 6) is 0. The van der Waals surface area contributed by atoms with Crippen molar-refractivity contribution in [3.05, 3.63) is 64.1 Å². The summed E-state index contributed by atoms with van der Waals surface area (Å²) < 4.78 is 14.6. The minimum Gasteiger partial charge on any atom is -0.399 e. The van der Waals surface area contributed by atoms with Crippen LogP contribution in [0, 0.1) is 0 Å². The highest BCUT2D eigenvalue weighted by Gasteiger charge is 2.53. The fourth-order valence-corrected chi connectivity index (χ4v) is 7.95. The van der Waals surface area contributed by atoms with Gasteiger partial charge in [-0.05, 0) is 91.2 Å². The van der Waals surface area contributed by atoms with Crippen molar-refractivity contribution in [2.45, 2.75) is 148 Å². The second kappa shape index (κ2) is 13.8. The summed E-state index contributed by atoms with van der Waals surface area (Å²) in [5.41, 5.74) is 6.34. The molecule has 0 atom stereocenters. The largest absolute Gasteiger partial charge is 0.495 e. The van der Waals surface area contributed by atoms with Crippen molar-refractivity contribution in [3.63, 3.8) is 0 Å². The van der Waals surface area contributed by atoms with Crippen molar-refractivity contribution < 1.29 is 9.31 Å². The molecule has 0 radical (unpaired) electrons. The van der Waals surface area contributed by atoms with E-state index in [2.05, 4.69) is 106 Å². The van der Waals surface area contributed by atoms with Crippen molar-refractivity contribution in [1.29, 1.82) is 0 Å². The summed E-state index contributed by atoms with van der Waals surface area (Å²) in [6.07, 6.45) is 18.3. The number of hydrogen-bond acceptors (Lipinski definition) is 2. The van der Waals surface area contributed by atoms with Gasteiger partial charge in [0.1, 0.15) is 0 Å². The quantitative estimate of drug-likeness (QED) is 0.121. The fourth-order valence-electron chi connectivity index (χ4n) is 7.59. The summed E-state index contributed by atoms with van der Waals surface area (Å²) in [6.45, 7) is 13.3. The van der Waals surface area contributed by atoms with Crippen LogP contribution in [0.1, 0.15) is 143 Å². The fraction of sp³-hybridized carbons (Fsp3) is 0.590. The lowest BCUT2D eigenvalue weighted by Gasteiger charge is -2.33. The Hall–Kier alpha value is -1.62. The minimum atomic E-state index is -0.378. The first-order valence-electron chi connectivity index (χ1n) is 17.4. The third-order valence-electron chi connectivity index (χ3n) is 10.8. The van der Waals surface area contributed by atoms with Gasteiger partial charge in [0, 0.05) is 9.89 Å². The Balaban J connectivity index is 1.62. The molecule has 4 heteroatoms. The summed E-state index contributed by atoms with van der Waals surface area (Å²) in [5, 5.41) is 2.59. The van der Waals surface area contributed by atoms with Gasteiger partial charge in [0.15, 0.2) is 0 Å². The Morgan fingerprint density at radius 1 is 0.628 bits per heavy atom. The SMILES string of the molecule is CCCCCCCCC1(CCCCCCCC)c2cc(Br)ccc2-c2c1cc(B1OC(C)(C)C(C)(C)O1)c1ccccc21. The maximum Gasteiger partial charge on any atom is 0.495 e. The highest BCUT2D eigenvalue weighted by molar-refractivity contribution is 9.10. The van der Waals surface area contributed by atoms with Crippen LogP contribution in [0.3, 0.4) is 0 Å². The molecule has 0 aromatic heterocycles. The molecule has 3 aromatic rings. The van der Waals surface area contributed by atoms with Crippen LogP contribution in [0.15, 0.2) is 53.0 Å². The molecule has 2 aliphatic rings. The van der Waals surface area contributed by atoms with E-state index >= 15 is 0 Å². The average Bonchev–Trinajstić information content (AvgIpc) is 3.37. The van der Waals surface area contributed by atoms with E-state index in [1.807, 2.05) is 0 Å². The van der Waals surface area contributed by atoms with E-state index in [4.69, 9.17) is 9.31 Å². The van der Waals surface area contributed by atoms with Gasteiger partial charge in [0.2, 0.25) is 0 Å². The molecule has 0 unspecified atom stereocenters. The molecule has 1 fully saturated rings. The maximum atomic E-state index is 6.72. The van der Waals surface area contributed by atoms with Crippen molar-refractivity contribution in [3.8, 4) is 11.1 Å². The van der Waals surface area contributed by atoms with Gasteiger partial charge in [-0.25, -0.2) is 0 Å². The lowest BCUT2D eigenvalue weighted by atomic mass is 9.67. The van der Waals surface area contributed by atoms with Gasteiger partial charge < -0.3 is 9.31 Å². The number of halogens is 1. The van der Waals surface area contributed by atoms with E-state index in [1.54, 1.807) is 0 Å². The number of unbranched alkanes of at least 4 members (excludes halogenated alkanes) is 10. The van der Waals surface area contributed by atoms with E-state index in [1.165, 1.54) is 133 Å². The number of fused-ring (bicyclic) bond motifs is 5. The molecule has 5 rings (SSSR count). The number of hydrogen-bond donors (Lipinski definition) is 0. The molecular formula is C39H54BBrO2. The second-order valence-corrected chi connectivity index (χ2v) is 15.2. The molecule has 1 aliphatic heterocycles. The van der Waals surface area contributed by atoms with Crippen molar-refractivity contribution in [1.82, 2.24) is 0 Å². The molecule has 0 N–H and O–H groups in total. The summed E-state index contributed by atoms with van der Waals surface area (Å²) in [6, 6.07) is 18.6. The normalized spacial score (nSPS) is 17.9. The Labute approximate surface area is 271 Å². The molecule has 0 saturated carbocycles. The number of rotatable bonds is 15. The van der Waals surface area contributed by atoms with E-state index in [9.17, 15) is 0 Å². The van der Waals surface area contributed by atoms with Gasteiger partial charge in [-0.2, -0.15) is 0 Å². The third-order valence-corrected chi connectivity index (χ3v) is 11.3. The first kappa shape index (κ1) is 32.8. The van der Waals surface area contributed by atoms with Crippen LogP contribution in [0.25, 0.3) is 21.9 Å². The predicted molar refractivity (Wildman–Crippen MR) is 190 cm³/mol. The molecule has 2 nitrogen and oxygen atoms in total. The highest BCUT2D eigenvalue weighted by atomic mass is 79.9. The summed E-state index contributed by atoms with van der Waals surface area (Å²) in [7, 11) is -0.378. The van der Waals surface area contributed by atoms with Gasteiger partial charge in [-0.15, -0.1) is 0 Å². The molecule has 1 saturated heterocycles. The van der Waals surface area contributed by atoms with Crippen LogP contribution in [0.5, 0.6) is 0 Å². The van der Waals surface area contributed by atoms with Crippen molar-refractivity contribution in [2.75, 3.05) is 0 Å². The van der Waals surface area contributed by atoms with E-state index in [0.29, 0.717) is 0 Å². The van der Waals surface area contributed by atoms with E-state index in [0.717, 1.165) is 0 Å². The molecule has 1 heterocycles. The van der Waals surface area contributed by atoms with Crippen LogP contribution in [-0.4, -0.2) is 18.3 Å². The van der Waals surface area contributed by atoms with Crippen molar-refractivity contribution in [2.24, 2.45) is 0 Å². The number of benzene rings is 3. The monoisotopic (exact) mass is 644 g/mol. The molecule has 0 spiro atoms. The zero-order valence-corrected chi connectivity index (χ0v) is 29.4. The van der Waals surface area contributed by atoms with Crippen LogP contribution >= 0.6 is 15.9 Å². The molecule has 0 amide bonds. The van der Waals surface area contributed by atoms with Gasteiger partial charge in [-0.3, -0.25) is 0 Å². The summed E-state index contributed by atoms with van der Waals surface area (Å²) in [4.78, 5) is 0. The first-order chi connectivity index (χ1) is 20.6. The Kier molecular flexibility index (Phi) is 10.5. The van der Waals surface area contributed by atoms with Crippen LogP contribution in [-0.2, 0) is 14.7 Å². The van der Waals surface area contributed by atoms with Crippen LogP contribution in [0.4, 0.5) is 0 Å². The molecule has 232 valence electrons. The lowest BCUT2D eigenvalue weighted by Crippen LogP contribution is -2.41. The third kappa shape index (κ3) is 6.54. The lowest BCUT2D eigenvalue weighted by molar-refractivity contribution is 0.00578. The molecule has 0 bridgehead atoms. The van der Waals surface area contributed by atoms with Gasteiger partial charge in [0.05, 0.1) is 11.2 Å². The average molecular weight is 646 g/mol. The van der Waals surface area contributed by atoms with E-state index < -0.39 is 0 Å². The second-order valence-electron chi connectivity index (χ2n) is 14.3. The highest BCUT2D eigenvalue weighted by Crippen LogP contribution is 2.56. The smallest absolute Gasteiger partial charge is 0.399 e. The van der Waals surface area contributed by atoms with Gasteiger partial charge in [0.25, 0.3) is 0 Å². The van der Waals surface area contributed by atoms with Crippen LogP contribution in [0.2, 0.25) is 0 Å². The minimum absolute atomic E-state index is 0.00633. The molecule has 43 heavy (non-hydrogen) atoms. The van der Waals surface area contributed by atoms with Gasteiger partial charge >= 0.3 is 7.12 Å². The standard InChI is InChI=1S/C39H54BBrO2/c1-7-9-11-13-15-19-25-39(26-20-16-14-12-10-8-2)33-27-29(41)23-24-32(33)36-31-22-18-17-21-30(31)35(28-34(36)39)40-42-37(3,4)38(5,6)43-40/h17-18,21-24,27-28H,7-16,19-20,25-26H2,1-6H3. The van der Waals surface area contributed by atoms with Crippen LogP contribution < -0.4 is 5.46 Å². The predicted octanol–water partition coefficient (Wildman–Crippen LogP) is 11.7. The van der Waals surface area contributed by atoms with E-state index in [-0.39, 0.29) is 23.7 Å². The first-order valence-corrected chi connectivity index (χ1v) is 18.2. The molecule has 1 aliphatic carbocycles. The summed E-state index contributed by atoms with van der Waals surface area (Å²) >= 11 is 3.89. The zero-order valence-electron chi connectivity index (χ0n) is 27.8. The van der Waals surface area contributed by atoms with Gasteiger partial charge in [-0.1, -0.05) is 143 Å². The zero-order chi connectivity index (χ0) is 30.7. The molecular weight excluding hydrogens is 591 g/mol. The Morgan fingerprint density at radius 2 is 1.16 bits per heavy atom. The molecule has 3 aromatic carbocycles. The Bertz CT molecular complexity index is 1360. The van der Waals surface area contributed by atoms with Crippen molar-refractivity contribution >= 4 is 39.3 Å². The topological polar surface area (TPSA) is 18.5 Å². The Morgan fingerprint density at radius 3 is 1.74 bits per heavy atom. The maximum absolute atomic E-state index is 6.72.